The van der Waals surface area contributed by atoms with Crippen LogP contribution in [0.1, 0.15) is 30.2 Å². The van der Waals surface area contributed by atoms with Gasteiger partial charge in [-0.05, 0) is 32.1 Å². The summed E-state index contributed by atoms with van der Waals surface area (Å²) in [6, 6.07) is 5.31. The average molecular weight is 276 g/mol. The quantitative estimate of drug-likeness (QED) is 0.903. The second-order valence-electron chi connectivity index (χ2n) is 5.59. The second-order valence-corrected chi connectivity index (χ2v) is 5.59. The van der Waals surface area contributed by atoms with Crippen LogP contribution in [-0.2, 0) is 0 Å². The second kappa shape index (κ2) is 5.58. The van der Waals surface area contributed by atoms with E-state index in [1.54, 1.807) is 12.1 Å². The molecule has 0 bridgehead atoms. The van der Waals surface area contributed by atoms with Gasteiger partial charge in [0.05, 0.1) is 17.1 Å². The lowest BCUT2D eigenvalue weighted by molar-refractivity contribution is 0.0699. The molecule has 0 aliphatic rings. The third-order valence-corrected chi connectivity index (χ3v) is 3.37. The van der Waals surface area contributed by atoms with Crippen molar-refractivity contribution in [2.45, 2.75) is 19.9 Å². The smallest absolute Gasteiger partial charge is 0.338 e. The number of aromatic nitrogens is 3. The van der Waals surface area contributed by atoms with Crippen LogP contribution in [0.5, 0.6) is 0 Å². The molecule has 6 nitrogen and oxygen atoms in total. The molecular formula is C14H20N4O2. The highest BCUT2D eigenvalue weighted by Crippen LogP contribution is 2.24. The molecule has 2 aromatic rings. The Labute approximate surface area is 118 Å². The maximum absolute atomic E-state index is 11.2. The van der Waals surface area contributed by atoms with Gasteiger partial charge in [0.1, 0.15) is 5.52 Å². The van der Waals surface area contributed by atoms with Crippen molar-refractivity contribution in [3.8, 4) is 0 Å². The van der Waals surface area contributed by atoms with Gasteiger partial charge in [-0.25, -0.2) is 9.48 Å². The zero-order valence-corrected chi connectivity index (χ0v) is 12.2. The summed E-state index contributed by atoms with van der Waals surface area (Å²) in [5.41, 5.74) is 1.41. The van der Waals surface area contributed by atoms with Crippen LogP contribution in [0.15, 0.2) is 18.2 Å². The van der Waals surface area contributed by atoms with Crippen LogP contribution in [0, 0.1) is 5.92 Å². The standard InChI is InChI=1S/C14H20N4O2/c1-9(2)12(8-17(3)4)18-11-7-5-6-10(14(19)20)13(11)15-16-18/h5-7,9,12H,8H2,1-4H3,(H,19,20). The summed E-state index contributed by atoms with van der Waals surface area (Å²) >= 11 is 0. The van der Waals surface area contributed by atoms with Crippen molar-refractivity contribution >= 4 is 17.0 Å². The monoisotopic (exact) mass is 276 g/mol. The van der Waals surface area contributed by atoms with Crippen molar-refractivity contribution in [1.82, 2.24) is 19.9 Å². The van der Waals surface area contributed by atoms with Gasteiger partial charge >= 0.3 is 5.97 Å². The van der Waals surface area contributed by atoms with Crippen LogP contribution in [0.2, 0.25) is 0 Å². The van der Waals surface area contributed by atoms with Gasteiger partial charge in [-0.1, -0.05) is 25.1 Å². The Bertz CT molecular complexity index is 619. The van der Waals surface area contributed by atoms with E-state index in [0.29, 0.717) is 11.4 Å². The summed E-state index contributed by atoms with van der Waals surface area (Å²) in [5.74, 6) is -0.604. The fourth-order valence-electron chi connectivity index (χ4n) is 2.32. The van der Waals surface area contributed by atoms with E-state index in [1.165, 1.54) is 0 Å². The van der Waals surface area contributed by atoms with Crippen molar-refractivity contribution in [2.24, 2.45) is 5.92 Å². The fraction of sp³-hybridized carbons (Fsp3) is 0.500. The third-order valence-electron chi connectivity index (χ3n) is 3.37. The van der Waals surface area contributed by atoms with Crippen molar-refractivity contribution in [3.63, 3.8) is 0 Å². The molecule has 108 valence electrons. The summed E-state index contributed by atoms with van der Waals surface area (Å²) in [5, 5.41) is 17.5. The number of nitrogens with zero attached hydrogens (tertiary/aromatic N) is 4. The molecule has 1 unspecified atom stereocenters. The van der Waals surface area contributed by atoms with Crippen LogP contribution in [0.4, 0.5) is 0 Å². The zero-order valence-electron chi connectivity index (χ0n) is 12.2. The molecule has 0 aliphatic carbocycles. The predicted octanol–water partition coefficient (Wildman–Crippen LogP) is 1.89. The molecule has 0 amide bonds. The van der Waals surface area contributed by atoms with E-state index in [2.05, 4.69) is 29.1 Å². The minimum atomic E-state index is -0.976. The number of likely N-dealkylation sites (N-methyl/N-ethyl adjacent to an activating group) is 1. The van der Waals surface area contributed by atoms with Crippen LogP contribution in [0.3, 0.4) is 0 Å². The lowest BCUT2D eigenvalue weighted by atomic mass is 10.0. The summed E-state index contributed by atoms with van der Waals surface area (Å²) in [6.07, 6.45) is 0. The SMILES string of the molecule is CC(C)C(CN(C)C)n1nnc2c(C(=O)O)cccc21. The Morgan fingerprint density at radius 3 is 2.65 bits per heavy atom. The summed E-state index contributed by atoms with van der Waals surface area (Å²) in [6.45, 7) is 5.08. The largest absolute Gasteiger partial charge is 0.478 e. The number of carboxylic acid groups (broad SMARTS) is 1. The first-order chi connectivity index (χ1) is 9.41. The highest BCUT2D eigenvalue weighted by atomic mass is 16.4. The molecule has 1 aromatic heterocycles. The zero-order chi connectivity index (χ0) is 14.9. The number of benzene rings is 1. The van der Waals surface area contributed by atoms with Gasteiger partial charge in [-0.15, -0.1) is 5.10 Å². The molecule has 0 radical (unpaired) electrons. The van der Waals surface area contributed by atoms with Crippen molar-refractivity contribution in [3.05, 3.63) is 23.8 Å². The summed E-state index contributed by atoms with van der Waals surface area (Å²) in [4.78, 5) is 13.3. The van der Waals surface area contributed by atoms with Gasteiger partial charge in [0.25, 0.3) is 0 Å². The Hall–Kier alpha value is -1.95. The van der Waals surface area contributed by atoms with Crippen LogP contribution in [0.25, 0.3) is 11.0 Å². The molecule has 0 fully saturated rings. The molecule has 0 saturated carbocycles. The van der Waals surface area contributed by atoms with Gasteiger partial charge in [0.2, 0.25) is 0 Å². The van der Waals surface area contributed by atoms with Gasteiger partial charge in [-0.2, -0.15) is 0 Å². The maximum atomic E-state index is 11.2. The number of hydrogen-bond acceptors (Lipinski definition) is 4. The number of carbonyl (C=O) groups is 1. The number of carboxylic acids is 1. The maximum Gasteiger partial charge on any atom is 0.338 e. The average Bonchev–Trinajstić information content (AvgIpc) is 2.78. The van der Waals surface area contributed by atoms with E-state index in [9.17, 15) is 9.90 Å². The Morgan fingerprint density at radius 1 is 1.40 bits per heavy atom. The molecule has 0 saturated heterocycles. The first-order valence-electron chi connectivity index (χ1n) is 6.63. The number of aromatic carboxylic acids is 1. The molecule has 1 heterocycles. The normalized spacial score (nSPS) is 13.3. The number of fused-ring (bicyclic) bond motifs is 1. The minimum Gasteiger partial charge on any atom is -0.478 e. The summed E-state index contributed by atoms with van der Waals surface area (Å²) in [7, 11) is 4.02. The first-order valence-corrected chi connectivity index (χ1v) is 6.63. The topological polar surface area (TPSA) is 71.2 Å². The van der Waals surface area contributed by atoms with Crippen LogP contribution >= 0.6 is 0 Å². The van der Waals surface area contributed by atoms with Crippen molar-refractivity contribution in [2.75, 3.05) is 20.6 Å². The van der Waals surface area contributed by atoms with E-state index >= 15 is 0 Å². The molecule has 1 atom stereocenters. The molecule has 2 rings (SSSR count). The Balaban J connectivity index is 2.54. The summed E-state index contributed by atoms with van der Waals surface area (Å²) < 4.78 is 1.84. The van der Waals surface area contributed by atoms with E-state index < -0.39 is 5.97 Å². The molecule has 1 N–H and O–H groups in total. The van der Waals surface area contributed by atoms with Gasteiger partial charge in [0.15, 0.2) is 0 Å². The van der Waals surface area contributed by atoms with E-state index in [4.69, 9.17) is 0 Å². The number of rotatable bonds is 5. The van der Waals surface area contributed by atoms with Gasteiger partial charge < -0.3 is 10.0 Å². The molecule has 1 aromatic carbocycles. The highest BCUT2D eigenvalue weighted by molar-refractivity contribution is 6.00. The lowest BCUT2D eigenvalue weighted by Crippen LogP contribution is -2.28. The van der Waals surface area contributed by atoms with E-state index in [-0.39, 0.29) is 11.6 Å². The first kappa shape index (κ1) is 14.5. The molecular weight excluding hydrogens is 256 g/mol. The molecule has 0 spiro atoms. The predicted molar refractivity (Wildman–Crippen MR) is 76.9 cm³/mol. The Kier molecular flexibility index (Phi) is 4.04. The molecule has 20 heavy (non-hydrogen) atoms. The van der Waals surface area contributed by atoms with Crippen molar-refractivity contribution in [1.29, 1.82) is 0 Å². The fourth-order valence-corrected chi connectivity index (χ4v) is 2.32. The van der Waals surface area contributed by atoms with E-state index in [0.717, 1.165) is 12.1 Å². The lowest BCUT2D eigenvalue weighted by Gasteiger charge is -2.24. The molecule has 0 aliphatic heterocycles. The van der Waals surface area contributed by atoms with Gasteiger partial charge in [-0.3, -0.25) is 0 Å². The Morgan fingerprint density at radius 2 is 2.10 bits per heavy atom. The third kappa shape index (κ3) is 2.65. The van der Waals surface area contributed by atoms with E-state index in [1.807, 2.05) is 24.8 Å². The number of hydrogen-bond donors (Lipinski definition) is 1. The minimum absolute atomic E-state index is 0.152. The van der Waals surface area contributed by atoms with Gasteiger partial charge in [0, 0.05) is 6.54 Å². The van der Waals surface area contributed by atoms with Crippen LogP contribution < -0.4 is 0 Å². The van der Waals surface area contributed by atoms with Crippen molar-refractivity contribution < 1.29 is 9.90 Å². The highest BCUT2D eigenvalue weighted by Gasteiger charge is 2.22. The van der Waals surface area contributed by atoms with Crippen LogP contribution in [-0.4, -0.2) is 51.6 Å². The molecule has 6 heteroatoms.